The lowest BCUT2D eigenvalue weighted by atomic mass is 10.1. The first-order chi connectivity index (χ1) is 9.10. The first-order valence-electron chi connectivity index (χ1n) is 5.97. The molecule has 4 heteroatoms. The fourth-order valence-corrected chi connectivity index (χ4v) is 2.72. The summed E-state index contributed by atoms with van der Waals surface area (Å²) in [6, 6.07) is 10.1. The van der Waals surface area contributed by atoms with E-state index in [1.807, 2.05) is 26.1 Å². The third kappa shape index (κ3) is 3.55. The van der Waals surface area contributed by atoms with E-state index in [0.717, 1.165) is 23.1 Å². The Bertz CT molecular complexity index is 584. The normalized spacial score (nSPS) is 10.7. The van der Waals surface area contributed by atoms with E-state index in [4.69, 9.17) is 0 Å². The number of rotatable bonds is 4. The molecule has 100 valence electrons. The molecule has 0 aliphatic carbocycles. The van der Waals surface area contributed by atoms with Crippen LogP contribution in [0.25, 0.3) is 0 Å². The zero-order valence-corrected chi connectivity index (χ0v) is 11.7. The van der Waals surface area contributed by atoms with Gasteiger partial charge in [0, 0.05) is 16.3 Å². The van der Waals surface area contributed by atoms with Crippen LogP contribution in [0.1, 0.15) is 11.1 Å². The Morgan fingerprint density at radius 3 is 2.47 bits per heavy atom. The molecule has 0 unspecified atom stereocenters. The summed E-state index contributed by atoms with van der Waals surface area (Å²) in [6.07, 6.45) is 0. The zero-order chi connectivity index (χ0) is 13.8. The van der Waals surface area contributed by atoms with E-state index in [9.17, 15) is 8.78 Å². The predicted molar refractivity (Wildman–Crippen MR) is 74.4 cm³/mol. The van der Waals surface area contributed by atoms with Gasteiger partial charge in [-0.3, -0.25) is 0 Å². The van der Waals surface area contributed by atoms with Crippen molar-refractivity contribution in [1.82, 2.24) is 5.32 Å². The molecule has 0 bridgehead atoms. The summed E-state index contributed by atoms with van der Waals surface area (Å²) < 4.78 is 26.0. The van der Waals surface area contributed by atoms with Crippen molar-refractivity contribution >= 4 is 11.8 Å². The van der Waals surface area contributed by atoms with Crippen molar-refractivity contribution < 1.29 is 8.78 Å². The van der Waals surface area contributed by atoms with Crippen molar-refractivity contribution in [2.24, 2.45) is 0 Å². The van der Waals surface area contributed by atoms with E-state index in [2.05, 4.69) is 11.4 Å². The molecule has 0 aliphatic heterocycles. The molecule has 0 aliphatic rings. The average molecular weight is 279 g/mol. The van der Waals surface area contributed by atoms with Crippen molar-refractivity contribution in [3.8, 4) is 0 Å². The molecule has 1 N–H and O–H groups in total. The quantitative estimate of drug-likeness (QED) is 0.902. The molecule has 2 rings (SSSR count). The van der Waals surface area contributed by atoms with E-state index < -0.39 is 11.6 Å². The van der Waals surface area contributed by atoms with Gasteiger partial charge in [0.15, 0.2) is 11.6 Å². The summed E-state index contributed by atoms with van der Waals surface area (Å²) >= 11 is 1.44. The Kier molecular flexibility index (Phi) is 4.56. The molecule has 2 aromatic rings. The van der Waals surface area contributed by atoms with E-state index in [0.29, 0.717) is 4.90 Å². The zero-order valence-electron chi connectivity index (χ0n) is 10.8. The topological polar surface area (TPSA) is 12.0 Å². The molecule has 0 fully saturated rings. The van der Waals surface area contributed by atoms with Crippen LogP contribution < -0.4 is 5.32 Å². The van der Waals surface area contributed by atoms with Crippen LogP contribution in [0.5, 0.6) is 0 Å². The van der Waals surface area contributed by atoms with Gasteiger partial charge in [0.1, 0.15) is 0 Å². The Morgan fingerprint density at radius 1 is 1.05 bits per heavy atom. The molecule has 0 radical (unpaired) electrons. The van der Waals surface area contributed by atoms with Crippen LogP contribution >= 0.6 is 11.8 Å². The molecule has 0 saturated heterocycles. The van der Waals surface area contributed by atoms with Crippen LogP contribution in [-0.4, -0.2) is 7.05 Å². The van der Waals surface area contributed by atoms with Gasteiger partial charge < -0.3 is 5.32 Å². The second-order valence-corrected chi connectivity index (χ2v) is 5.42. The van der Waals surface area contributed by atoms with E-state index >= 15 is 0 Å². The van der Waals surface area contributed by atoms with Crippen LogP contribution in [-0.2, 0) is 6.54 Å². The highest BCUT2D eigenvalue weighted by Gasteiger charge is 2.06. The number of hydrogen-bond acceptors (Lipinski definition) is 2. The fraction of sp³-hybridized carbons (Fsp3) is 0.200. The molecule has 2 aromatic carbocycles. The standard InChI is InChI=1S/C15H15F2NS/c1-10-7-11(9-18-2)3-6-15(10)19-12-4-5-13(16)14(17)8-12/h3-8,18H,9H2,1-2H3. The van der Waals surface area contributed by atoms with Crippen molar-refractivity contribution in [3.05, 3.63) is 59.2 Å². The Balaban J connectivity index is 2.20. The first kappa shape index (κ1) is 14.0. The Morgan fingerprint density at radius 2 is 1.84 bits per heavy atom. The van der Waals surface area contributed by atoms with Crippen molar-refractivity contribution in [3.63, 3.8) is 0 Å². The molecule has 0 heterocycles. The Labute approximate surface area is 116 Å². The molecule has 0 spiro atoms. The largest absolute Gasteiger partial charge is 0.316 e. The van der Waals surface area contributed by atoms with Gasteiger partial charge in [-0.25, -0.2) is 8.78 Å². The molecule has 0 atom stereocenters. The minimum atomic E-state index is -0.814. The number of hydrogen-bond donors (Lipinski definition) is 1. The first-order valence-corrected chi connectivity index (χ1v) is 6.79. The van der Waals surface area contributed by atoms with E-state index in [-0.39, 0.29) is 0 Å². The lowest BCUT2D eigenvalue weighted by Gasteiger charge is -2.08. The minimum Gasteiger partial charge on any atom is -0.316 e. The van der Waals surface area contributed by atoms with Crippen LogP contribution in [0.2, 0.25) is 0 Å². The molecular formula is C15H15F2NS. The van der Waals surface area contributed by atoms with Gasteiger partial charge in [0.25, 0.3) is 0 Å². The monoisotopic (exact) mass is 279 g/mol. The van der Waals surface area contributed by atoms with Gasteiger partial charge >= 0.3 is 0 Å². The highest BCUT2D eigenvalue weighted by atomic mass is 32.2. The summed E-state index contributed by atoms with van der Waals surface area (Å²) in [7, 11) is 1.90. The third-order valence-corrected chi connectivity index (χ3v) is 3.91. The van der Waals surface area contributed by atoms with Gasteiger partial charge in [-0.1, -0.05) is 23.9 Å². The van der Waals surface area contributed by atoms with Crippen molar-refractivity contribution in [1.29, 1.82) is 0 Å². The lowest BCUT2D eigenvalue weighted by molar-refractivity contribution is 0.506. The second-order valence-electron chi connectivity index (χ2n) is 4.31. The maximum atomic E-state index is 13.2. The molecule has 0 amide bonds. The summed E-state index contributed by atoms with van der Waals surface area (Å²) in [5.74, 6) is -1.63. The molecule has 0 saturated carbocycles. The number of aryl methyl sites for hydroxylation is 1. The van der Waals surface area contributed by atoms with Crippen LogP contribution in [0.3, 0.4) is 0 Å². The van der Waals surface area contributed by atoms with Crippen LogP contribution in [0.4, 0.5) is 8.78 Å². The smallest absolute Gasteiger partial charge is 0.159 e. The summed E-state index contributed by atoms with van der Waals surface area (Å²) in [5, 5.41) is 3.10. The van der Waals surface area contributed by atoms with Gasteiger partial charge in [0.2, 0.25) is 0 Å². The second kappa shape index (κ2) is 6.17. The molecule has 19 heavy (non-hydrogen) atoms. The van der Waals surface area contributed by atoms with Gasteiger partial charge in [-0.2, -0.15) is 0 Å². The SMILES string of the molecule is CNCc1ccc(Sc2ccc(F)c(F)c2)c(C)c1. The van der Waals surface area contributed by atoms with E-state index in [1.54, 1.807) is 6.07 Å². The fourth-order valence-electron chi connectivity index (χ4n) is 1.81. The third-order valence-electron chi connectivity index (χ3n) is 2.74. The van der Waals surface area contributed by atoms with Crippen molar-refractivity contribution in [2.45, 2.75) is 23.3 Å². The number of benzene rings is 2. The maximum absolute atomic E-state index is 13.2. The molecule has 0 aromatic heterocycles. The van der Waals surface area contributed by atoms with Gasteiger partial charge in [0.05, 0.1) is 0 Å². The summed E-state index contributed by atoms with van der Waals surface area (Å²) in [6.45, 7) is 2.83. The lowest BCUT2D eigenvalue weighted by Crippen LogP contribution is -2.05. The van der Waals surface area contributed by atoms with Gasteiger partial charge in [-0.05, 0) is 49.4 Å². The van der Waals surface area contributed by atoms with Crippen LogP contribution in [0, 0.1) is 18.6 Å². The number of nitrogens with one attached hydrogen (secondary N) is 1. The summed E-state index contributed by atoms with van der Waals surface area (Å²) in [5.41, 5.74) is 2.33. The minimum absolute atomic E-state index is 0.698. The van der Waals surface area contributed by atoms with E-state index in [1.165, 1.54) is 23.4 Å². The van der Waals surface area contributed by atoms with Crippen LogP contribution in [0.15, 0.2) is 46.2 Å². The molecule has 1 nitrogen and oxygen atoms in total. The van der Waals surface area contributed by atoms with Gasteiger partial charge in [-0.15, -0.1) is 0 Å². The maximum Gasteiger partial charge on any atom is 0.159 e. The highest BCUT2D eigenvalue weighted by Crippen LogP contribution is 2.31. The highest BCUT2D eigenvalue weighted by molar-refractivity contribution is 7.99. The predicted octanol–water partition coefficient (Wildman–Crippen LogP) is 4.14. The number of halogens is 2. The summed E-state index contributed by atoms with van der Waals surface area (Å²) in [4.78, 5) is 1.74. The van der Waals surface area contributed by atoms with Crippen molar-refractivity contribution in [2.75, 3.05) is 7.05 Å². The Hall–Kier alpha value is -1.39. The molecular weight excluding hydrogens is 264 g/mol. The average Bonchev–Trinajstić information content (AvgIpc) is 2.37.